The van der Waals surface area contributed by atoms with Crippen molar-refractivity contribution in [3.05, 3.63) is 64.2 Å². The Bertz CT molecular complexity index is 897. The predicted molar refractivity (Wildman–Crippen MR) is 114 cm³/mol. The third-order valence-corrected chi connectivity index (χ3v) is 4.43. The number of rotatable bonds is 8. The summed E-state index contributed by atoms with van der Waals surface area (Å²) in [6.45, 7) is 3.77. The van der Waals surface area contributed by atoms with E-state index in [-0.39, 0.29) is 24.3 Å². The van der Waals surface area contributed by atoms with Gasteiger partial charge in [-0.1, -0.05) is 35.9 Å². The molecule has 0 radical (unpaired) electrons. The molecule has 5 N–H and O–H groups in total. The van der Waals surface area contributed by atoms with Crippen LogP contribution in [-0.4, -0.2) is 36.8 Å². The largest absolute Gasteiger partial charge is 0.489 e. The van der Waals surface area contributed by atoms with E-state index in [4.69, 9.17) is 27.5 Å². The fraction of sp³-hybridized carbons (Fsp3) is 0.286. The minimum atomic E-state index is -0.777. The number of carbonyl (C=O) groups is 2. The molecule has 0 aliphatic carbocycles. The Morgan fingerprint density at radius 2 is 1.76 bits per heavy atom. The lowest BCUT2D eigenvalue weighted by Gasteiger charge is -2.18. The summed E-state index contributed by atoms with van der Waals surface area (Å²) in [5, 5.41) is 13.1. The fourth-order valence-corrected chi connectivity index (χ4v) is 2.90. The molecule has 0 spiro atoms. The number of benzene rings is 2. The Balaban J connectivity index is 2.15. The predicted octanol–water partition coefficient (Wildman–Crippen LogP) is 2.50. The van der Waals surface area contributed by atoms with Gasteiger partial charge in [0.15, 0.2) is 0 Å². The number of hydrogen-bond acceptors (Lipinski definition) is 4. The van der Waals surface area contributed by atoms with Crippen molar-refractivity contribution in [2.24, 2.45) is 5.73 Å². The van der Waals surface area contributed by atoms with Crippen molar-refractivity contribution < 1.29 is 14.3 Å². The number of ether oxygens (including phenoxy) is 1. The summed E-state index contributed by atoms with van der Waals surface area (Å²) in [4.78, 5) is 24.9. The number of nitrogens with two attached hydrogens (primary N) is 1. The maximum Gasteiger partial charge on any atom is 0.251 e. The molecule has 0 fully saturated rings. The number of likely N-dealkylation sites (N-methyl/N-ethyl adjacent to an activating group) is 1. The van der Waals surface area contributed by atoms with E-state index in [0.717, 1.165) is 5.56 Å². The van der Waals surface area contributed by atoms with Crippen LogP contribution in [0.5, 0.6) is 5.75 Å². The number of hydrogen-bond donors (Lipinski definition) is 4. The molecule has 7 nitrogen and oxygen atoms in total. The summed E-state index contributed by atoms with van der Waals surface area (Å²) in [5.74, 6) is -0.280. The van der Waals surface area contributed by atoms with E-state index in [9.17, 15) is 9.59 Å². The van der Waals surface area contributed by atoms with Crippen LogP contribution in [-0.2, 0) is 11.2 Å². The number of amidine groups is 1. The summed E-state index contributed by atoms with van der Waals surface area (Å²) < 4.78 is 5.57. The molecule has 0 aliphatic rings. The molecular weight excluding hydrogens is 392 g/mol. The Morgan fingerprint density at radius 3 is 2.28 bits per heavy atom. The number of amides is 2. The van der Waals surface area contributed by atoms with Gasteiger partial charge in [0.25, 0.3) is 5.91 Å². The first-order valence-electron chi connectivity index (χ1n) is 9.13. The maximum atomic E-state index is 12.7. The van der Waals surface area contributed by atoms with Crippen molar-refractivity contribution in [1.82, 2.24) is 10.6 Å². The molecule has 8 heteroatoms. The first-order chi connectivity index (χ1) is 13.7. The number of halogens is 1. The molecular formula is C21H25ClN4O3. The van der Waals surface area contributed by atoms with Crippen LogP contribution in [0.3, 0.4) is 0 Å². The second kappa shape index (κ2) is 9.93. The van der Waals surface area contributed by atoms with Gasteiger partial charge in [-0.3, -0.25) is 15.0 Å². The Kier molecular flexibility index (Phi) is 7.61. The average Bonchev–Trinajstić information content (AvgIpc) is 2.68. The zero-order valence-electron chi connectivity index (χ0n) is 16.6. The molecule has 0 aliphatic heterocycles. The quantitative estimate of drug-likeness (QED) is 0.390. The average molecular weight is 417 g/mol. The van der Waals surface area contributed by atoms with E-state index in [1.807, 2.05) is 13.8 Å². The molecule has 2 rings (SSSR count). The van der Waals surface area contributed by atoms with Crippen LogP contribution in [0.1, 0.15) is 35.3 Å². The van der Waals surface area contributed by atoms with Gasteiger partial charge in [-0.25, -0.2) is 0 Å². The highest BCUT2D eigenvalue weighted by molar-refractivity contribution is 6.32. The Labute approximate surface area is 175 Å². The van der Waals surface area contributed by atoms with E-state index >= 15 is 0 Å². The molecule has 2 aromatic rings. The summed E-state index contributed by atoms with van der Waals surface area (Å²) in [5.41, 5.74) is 7.20. The molecule has 154 valence electrons. The summed E-state index contributed by atoms with van der Waals surface area (Å²) >= 11 is 6.20. The SMILES string of the molecule is CNC(=O)[C@H](Cc1ccc(C(=N)N)cc1)NC(=O)c1ccc(OC(C)C)c(Cl)c1. The van der Waals surface area contributed by atoms with Crippen molar-refractivity contribution in [1.29, 1.82) is 5.41 Å². The van der Waals surface area contributed by atoms with Gasteiger partial charge < -0.3 is 21.1 Å². The molecule has 0 saturated carbocycles. The van der Waals surface area contributed by atoms with Gasteiger partial charge in [0.1, 0.15) is 17.6 Å². The lowest BCUT2D eigenvalue weighted by atomic mass is 10.0. The minimum Gasteiger partial charge on any atom is -0.489 e. The van der Waals surface area contributed by atoms with Crippen molar-refractivity contribution in [3.63, 3.8) is 0 Å². The van der Waals surface area contributed by atoms with Gasteiger partial charge in [-0.05, 0) is 37.6 Å². The summed E-state index contributed by atoms with van der Waals surface area (Å²) in [6, 6.07) is 10.9. The Morgan fingerprint density at radius 1 is 1.14 bits per heavy atom. The van der Waals surface area contributed by atoms with Gasteiger partial charge in [0.05, 0.1) is 11.1 Å². The van der Waals surface area contributed by atoms with E-state index in [1.54, 1.807) is 36.4 Å². The van der Waals surface area contributed by atoms with Gasteiger partial charge >= 0.3 is 0 Å². The molecule has 2 amide bonds. The van der Waals surface area contributed by atoms with Crippen molar-refractivity contribution >= 4 is 29.3 Å². The zero-order chi connectivity index (χ0) is 21.6. The minimum absolute atomic E-state index is 0.0329. The van der Waals surface area contributed by atoms with Gasteiger partial charge in [0, 0.05) is 24.6 Å². The molecule has 2 aromatic carbocycles. The molecule has 0 unspecified atom stereocenters. The van der Waals surface area contributed by atoms with Crippen LogP contribution in [0.4, 0.5) is 0 Å². The van der Waals surface area contributed by atoms with Crippen LogP contribution in [0.2, 0.25) is 5.02 Å². The van der Waals surface area contributed by atoms with E-state index in [1.165, 1.54) is 13.1 Å². The lowest BCUT2D eigenvalue weighted by molar-refractivity contribution is -0.122. The monoisotopic (exact) mass is 416 g/mol. The van der Waals surface area contributed by atoms with Crippen molar-refractivity contribution in [2.75, 3.05) is 7.05 Å². The maximum absolute atomic E-state index is 12.7. The van der Waals surface area contributed by atoms with Gasteiger partial charge in [-0.2, -0.15) is 0 Å². The molecule has 0 aromatic heterocycles. The highest BCUT2D eigenvalue weighted by Gasteiger charge is 2.21. The molecule has 29 heavy (non-hydrogen) atoms. The Hall–Kier alpha value is -3.06. The van der Waals surface area contributed by atoms with Gasteiger partial charge in [0.2, 0.25) is 5.91 Å². The second-order valence-corrected chi connectivity index (χ2v) is 7.17. The van der Waals surface area contributed by atoms with Crippen molar-refractivity contribution in [2.45, 2.75) is 32.4 Å². The van der Waals surface area contributed by atoms with E-state index < -0.39 is 11.9 Å². The third-order valence-electron chi connectivity index (χ3n) is 4.13. The molecule has 0 heterocycles. The summed E-state index contributed by atoms with van der Waals surface area (Å²) in [6.07, 6.45) is 0.241. The van der Waals surface area contributed by atoms with E-state index in [0.29, 0.717) is 21.9 Å². The highest BCUT2D eigenvalue weighted by atomic mass is 35.5. The smallest absolute Gasteiger partial charge is 0.251 e. The standard InChI is InChI=1S/C21H25ClN4O3/c1-12(2)29-18-9-8-15(11-16(18)22)20(27)26-17(21(28)25-3)10-13-4-6-14(7-5-13)19(23)24/h4-9,11-12,17H,10H2,1-3H3,(H3,23,24)(H,25,28)(H,26,27)/t17-/m0/s1. The fourth-order valence-electron chi connectivity index (χ4n) is 2.67. The van der Waals surface area contributed by atoms with E-state index in [2.05, 4.69) is 10.6 Å². The van der Waals surface area contributed by atoms with Gasteiger partial charge in [-0.15, -0.1) is 0 Å². The van der Waals surface area contributed by atoms with Crippen LogP contribution in [0.25, 0.3) is 0 Å². The van der Waals surface area contributed by atoms with Crippen LogP contribution in [0, 0.1) is 5.41 Å². The van der Waals surface area contributed by atoms with Crippen LogP contribution < -0.4 is 21.1 Å². The lowest BCUT2D eigenvalue weighted by Crippen LogP contribution is -2.47. The zero-order valence-corrected chi connectivity index (χ0v) is 17.3. The molecule has 0 bridgehead atoms. The number of nitrogen functional groups attached to an aromatic ring is 1. The second-order valence-electron chi connectivity index (χ2n) is 6.77. The molecule has 1 atom stereocenters. The first kappa shape index (κ1) is 22.2. The topological polar surface area (TPSA) is 117 Å². The summed E-state index contributed by atoms with van der Waals surface area (Å²) in [7, 11) is 1.51. The van der Waals surface area contributed by atoms with Crippen LogP contribution in [0.15, 0.2) is 42.5 Å². The van der Waals surface area contributed by atoms with Crippen LogP contribution >= 0.6 is 11.6 Å². The highest BCUT2D eigenvalue weighted by Crippen LogP contribution is 2.26. The number of carbonyl (C=O) groups excluding carboxylic acids is 2. The number of nitrogens with one attached hydrogen (secondary N) is 3. The normalized spacial score (nSPS) is 11.6. The van der Waals surface area contributed by atoms with Crippen molar-refractivity contribution in [3.8, 4) is 5.75 Å². The third kappa shape index (κ3) is 6.22. The molecule has 0 saturated heterocycles. The first-order valence-corrected chi connectivity index (χ1v) is 9.51.